The van der Waals surface area contributed by atoms with Crippen LogP contribution < -0.4 is 5.56 Å². The normalized spacial score (nSPS) is 11.5. The first-order valence-electron chi connectivity index (χ1n) is 9.85. The summed E-state index contributed by atoms with van der Waals surface area (Å²) in [6.07, 6.45) is 0.789. The van der Waals surface area contributed by atoms with Crippen LogP contribution in [0.2, 0.25) is 5.02 Å². The van der Waals surface area contributed by atoms with E-state index in [0.717, 1.165) is 12.5 Å². The molecule has 4 aromatic rings. The summed E-state index contributed by atoms with van der Waals surface area (Å²) in [7, 11) is 0. The topological polar surface area (TPSA) is 78.5 Å². The molecule has 0 aliphatic carbocycles. The number of ether oxygens (including phenoxy) is 1. The molecule has 0 fully saturated rings. The van der Waals surface area contributed by atoms with Gasteiger partial charge in [0.2, 0.25) is 5.78 Å². The first-order chi connectivity index (χ1) is 14.9. The van der Waals surface area contributed by atoms with Crippen molar-refractivity contribution in [3.63, 3.8) is 0 Å². The van der Waals surface area contributed by atoms with Gasteiger partial charge in [-0.2, -0.15) is 0 Å². The van der Waals surface area contributed by atoms with E-state index in [4.69, 9.17) is 16.3 Å². The molecule has 0 aliphatic rings. The monoisotopic (exact) mass is 442 g/mol. The number of carbonyl (C=O) groups is 1. The third-order valence-corrected chi connectivity index (χ3v) is 5.32. The summed E-state index contributed by atoms with van der Waals surface area (Å²) >= 11 is 5.94. The van der Waals surface area contributed by atoms with Crippen LogP contribution in [-0.4, -0.2) is 25.1 Å². The van der Waals surface area contributed by atoms with Crippen LogP contribution in [-0.2, 0) is 17.9 Å². The Bertz CT molecular complexity index is 1330. The number of benzene rings is 2. The average molecular weight is 443 g/mol. The maximum Gasteiger partial charge on any atom is 0.343 e. The highest BCUT2D eigenvalue weighted by atomic mass is 35.5. The van der Waals surface area contributed by atoms with E-state index < -0.39 is 11.8 Å². The molecule has 0 N–H and O–H groups in total. The zero-order valence-corrected chi connectivity index (χ0v) is 17.8. The second-order valence-electron chi connectivity index (χ2n) is 7.58. The van der Waals surface area contributed by atoms with Gasteiger partial charge in [0.1, 0.15) is 11.4 Å². The molecule has 0 radical (unpaired) electrons. The molecule has 7 nitrogen and oxygen atoms in total. The molecule has 0 saturated carbocycles. The van der Waals surface area contributed by atoms with Gasteiger partial charge in [-0.3, -0.25) is 13.8 Å². The van der Waals surface area contributed by atoms with Gasteiger partial charge in [-0.15, -0.1) is 10.2 Å². The first kappa shape index (κ1) is 21.0. The molecule has 4 rings (SSSR count). The Kier molecular flexibility index (Phi) is 5.73. The molecule has 9 heteroatoms. The van der Waals surface area contributed by atoms with Gasteiger partial charge in [-0.25, -0.2) is 9.18 Å². The molecule has 31 heavy (non-hydrogen) atoms. The number of esters is 1. The van der Waals surface area contributed by atoms with Crippen LogP contribution in [0.3, 0.4) is 0 Å². The van der Waals surface area contributed by atoms with E-state index >= 15 is 0 Å². The minimum Gasteiger partial charge on any atom is -0.454 e. The predicted octanol–water partition coefficient (Wildman–Crippen LogP) is 4.24. The fourth-order valence-corrected chi connectivity index (χ4v) is 3.63. The number of hydrogen-bond donors (Lipinski definition) is 0. The Hall–Kier alpha value is -3.26. The molecule has 0 aliphatic heterocycles. The maximum absolute atomic E-state index is 14.0. The van der Waals surface area contributed by atoms with Gasteiger partial charge in [0, 0.05) is 6.54 Å². The number of para-hydroxylation sites is 1. The molecular weight excluding hydrogens is 423 g/mol. The van der Waals surface area contributed by atoms with Crippen LogP contribution >= 0.6 is 11.6 Å². The van der Waals surface area contributed by atoms with Crippen molar-refractivity contribution < 1.29 is 13.9 Å². The lowest BCUT2D eigenvalue weighted by atomic mass is 10.1. The van der Waals surface area contributed by atoms with Crippen molar-refractivity contribution in [3.8, 4) is 0 Å². The van der Waals surface area contributed by atoms with Gasteiger partial charge in [0.25, 0.3) is 5.56 Å². The summed E-state index contributed by atoms with van der Waals surface area (Å²) in [5.74, 6) is -0.606. The summed E-state index contributed by atoms with van der Waals surface area (Å²) in [6, 6.07) is 11.0. The highest BCUT2D eigenvalue weighted by Gasteiger charge is 2.20. The molecule has 0 amide bonds. The van der Waals surface area contributed by atoms with Crippen molar-refractivity contribution in [2.24, 2.45) is 5.92 Å². The van der Waals surface area contributed by atoms with Crippen LogP contribution in [0, 0.1) is 11.7 Å². The van der Waals surface area contributed by atoms with Crippen LogP contribution in [0.1, 0.15) is 36.5 Å². The first-order valence-corrected chi connectivity index (χ1v) is 10.2. The fourth-order valence-electron chi connectivity index (χ4n) is 3.39. The predicted molar refractivity (Wildman–Crippen MR) is 115 cm³/mol. The van der Waals surface area contributed by atoms with Gasteiger partial charge in [-0.1, -0.05) is 43.6 Å². The summed E-state index contributed by atoms with van der Waals surface area (Å²) in [5.41, 5.74) is 0.109. The minimum atomic E-state index is -0.905. The lowest BCUT2D eigenvalue weighted by molar-refractivity contribution is 0.0456. The van der Waals surface area contributed by atoms with Crippen LogP contribution in [0.15, 0.2) is 47.3 Å². The maximum atomic E-state index is 14.0. The molecule has 0 spiro atoms. The fraction of sp³-hybridized carbons (Fsp3) is 0.273. The lowest BCUT2D eigenvalue weighted by Crippen LogP contribution is -2.24. The number of nitrogens with zero attached hydrogens (tertiary/aromatic N) is 4. The molecule has 2 heterocycles. The van der Waals surface area contributed by atoms with Crippen molar-refractivity contribution in [3.05, 3.63) is 75.0 Å². The Labute approximate surface area is 182 Å². The van der Waals surface area contributed by atoms with Gasteiger partial charge >= 0.3 is 5.97 Å². The Morgan fingerprint density at radius 2 is 1.94 bits per heavy atom. The summed E-state index contributed by atoms with van der Waals surface area (Å²) in [5, 5.41) is 8.78. The smallest absolute Gasteiger partial charge is 0.343 e. The number of aryl methyl sites for hydroxylation is 1. The highest BCUT2D eigenvalue weighted by Crippen LogP contribution is 2.21. The van der Waals surface area contributed by atoms with E-state index in [-0.39, 0.29) is 22.8 Å². The second-order valence-corrected chi connectivity index (χ2v) is 7.99. The molecule has 0 atom stereocenters. The van der Waals surface area contributed by atoms with Crippen LogP contribution in [0.25, 0.3) is 16.7 Å². The quantitative estimate of drug-likeness (QED) is 0.417. The second kappa shape index (κ2) is 8.47. The molecule has 0 saturated heterocycles. The Balaban J connectivity index is 1.76. The van der Waals surface area contributed by atoms with E-state index in [1.807, 2.05) is 0 Å². The van der Waals surface area contributed by atoms with Crippen molar-refractivity contribution in [2.45, 2.75) is 33.4 Å². The molecular formula is C22H20ClFN4O3. The van der Waals surface area contributed by atoms with Gasteiger partial charge in [-0.05, 0) is 36.6 Å². The number of halogens is 2. The van der Waals surface area contributed by atoms with E-state index in [1.54, 1.807) is 33.2 Å². The third-order valence-electron chi connectivity index (χ3n) is 5.00. The largest absolute Gasteiger partial charge is 0.454 e. The number of aromatic nitrogens is 4. The summed E-state index contributed by atoms with van der Waals surface area (Å²) < 4.78 is 22.6. The van der Waals surface area contributed by atoms with Gasteiger partial charge < -0.3 is 4.74 Å². The van der Waals surface area contributed by atoms with E-state index in [2.05, 4.69) is 24.0 Å². The third kappa shape index (κ3) is 3.90. The number of carbonyl (C=O) groups excluding carboxylic acids is 1. The SMILES string of the molecule is CC(C)CCn1c(=O)c2ccccc2n2c(COC(=O)c3c(F)cccc3Cl)nnc12. The Morgan fingerprint density at radius 3 is 2.68 bits per heavy atom. The van der Waals surface area contributed by atoms with E-state index in [1.165, 1.54) is 12.1 Å². The van der Waals surface area contributed by atoms with Crippen LogP contribution in [0.4, 0.5) is 4.39 Å². The molecule has 0 bridgehead atoms. The van der Waals surface area contributed by atoms with Gasteiger partial charge in [0.15, 0.2) is 12.4 Å². The molecule has 2 aromatic heterocycles. The van der Waals surface area contributed by atoms with Crippen molar-refractivity contribution >= 4 is 34.3 Å². The van der Waals surface area contributed by atoms with Gasteiger partial charge in [0.05, 0.1) is 15.9 Å². The van der Waals surface area contributed by atoms with E-state index in [9.17, 15) is 14.0 Å². The van der Waals surface area contributed by atoms with Crippen LogP contribution in [0.5, 0.6) is 0 Å². The standard InChI is InChI=1S/C22H20ClFN4O3/c1-13(2)10-11-27-20(29)14-6-3-4-9-17(14)28-18(25-26-22(27)28)12-31-21(30)19-15(23)7-5-8-16(19)24/h3-9,13H,10-12H2,1-2H3. The number of rotatable bonds is 6. The lowest BCUT2D eigenvalue weighted by Gasteiger charge is -2.12. The average Bonchev–Trinajstić information content (AvgIpc) is 3.16. The van der Waals surface area contributed by atoms with Crippen molar-refractivity contribution in [1.82, 2.24) is 19.2 Å². The Morgan fingerprint density at radius 1 is 1.16 bits per heavy atom. The number of hydrogen-bond acceptors (Lipinski definition) is 5. The highest BCUT2D eigenvalue weighted by molar-refractivity contribution is 6.33. The van der Waals surface area contributed by atoms with Crippen molar-refractivity contribution in [2.75, 3.05) is 0 Å². The molecule has 160 valence electrons. The zero-order valence-electron chi connectivity index (χ0n) is 17.0. The summed E-state index contributed by atoms with van der Waals surface area (Å²) in [4.78, 5) is 25.5. The molecule has 0 unspecified atom stereocenters. The summed E-state index contributed by atoms with van der Waals surface area (Å²) in [6.45, 7) is 4.36. The van der Waals surface area contributed by atoms with E-state index in [0.29, 0.717) is 35.0 Å². The zero-order chi connectivity index (χ0) is 22.1. The number of fused-ring (bicyclic) bond motifs is 3. The molecule has 2 aromatic carbocycles. The minimum absolute atomic E-state index is 0.0379. The van der Waals surface area contributed by atoms with Crippen molar-refractivity contribution in [1.29, 1.82) is 0 Å².